The average molecular weight is 240 g/mol. The molecule has 1 aliphatic rings. The molecule has 0 radical (unpaired) electrons. The van der Waals surface area contributed by atoms with Gasteiger partial charge in [0, 0.05) is 12.7 Å². The molecular weight excluding hydrogens is 222 g/mol. The van der Waals surface area contributed by atoms with Gasteiger partial charge in [0.05, 0.1) is 10.7 Å². The van der Waals surface area contributed by atoms with E-state index in [4.69, 9.17) is 17.3 Å². The van der Waals surface area contributed by atoms with Gasteiger partial charge in [0.15, 0.2) is 0 Å². The van der Waals surface area contributed by atoms with Gasteiger partial charge >= 0.3 is 0 Å². The van der Waals surface area contributed by atoms with Crippen molar-refractivity contribution in [2.45, 2.75) is 26.2 Å². The predicted octanol–water partition coefficient (Wildman–Crippen LogP) is 3.17. The van der Waals surface area contributed by atoms with Crippen molar-refractivity contribution < 1.29 is 0 Å². The summed E-state index contributed by atoms with van der Waals surface area (Å²) in [6, 6.07) is 1.73. The maximum atomic E-state index is 5.83. The van der Waals surface area contributed by atoms with Crippen LogP contribution in [0.25, 0.3) is 0 Å². The molecule has 0 spiro atoms. The first-order chi connectivity index (χ1) is 7.66. The first-order valence-electron chi connectivity index (χ1n) is 5.81. The van der Waals surface area contributed by atoms with Crippen LogP contribution in [-0.2, 0) is 0 Å². The number of hydrogen-bond donors (Lipinski definition) is 2. The highest BCUT2D eigenvalue weighted by Gasteiger charge is 2.23. The van der Waals surface area contributed by atoms with Crippen LogP contribution in [0.15, 0.2) is 12.3 Å². The molecule has 0 amide bonds. The first-order valence-corrected chi connectivity index (χ1v) is 6.19. The number of aromatic nitrogens is 1. The van der Waals surface area contributed by atoms with Gasteiger partial charge in [0.25, 0.3) is 0 Å². The van der Waals surface area contributed by atoms with E-state index < -0.39 is 0 Å². The van der Waals surface area contributed by atoms with Crippen LogP contribution in [-0.4, -0.2) is 11.5 Å². The van der Waals surface area contributed by atoms with Crippen LogP contribution in [0.1, 0.15) is 26.2 Å². The predicted molar refractivity (Wildman–Crippen MR) is 68.7 cm³/mol. The Morgan fingerprint density at radius 1 is 1.56 bits per heavy atom. The highest BCUT2D eigenvalue weighted by molar-refractivity contribution is 6.30. The molecule has 16 heavy (non-hydrogen) atoms. The Bertz CT molecular complexity index is 367. The smallest absolute Gasteiger partial charge is 0.149 e. The van der Waals surface area contributed by atoms with E-state index in [1.807, 2.05) is 0 Å². The van der Waals surface area contributed by atoms with E-state index in [0.717, 1.165) is 24.2 Å². The number of pyridine rings is 1. The molecule has 1 saturated carbocycles. The van der Waals surface area contributed by atoms with Crippen LogP contribution in [0.5, 0.6) is 0 Å². The quantitative estimate of drug-likeness (QED) is 0.852. The Balaban J connectivity index is 1.94. The Hall–Kier alpha value is -0.960. The lowest BCUT2D eigenvalue weighted by molar-refractivity contribution is 0.439. The molecule has 1 aliphatic carbocycles. The van der Waals surface area contributed by atoms with Crippen molar-refractivity contribution in [3.8, 4) is 0 Å². The van der Waals surface area contributed by atoms with Gasteiger partial charge in [-0.2, -0.15) is 0 Å². The lowest BCUT2D eigenvalue weighted by Crippen LogP contribution is -2.17. The molecule has 1 heterocycles. The minimum absolute atomic E-state index is 0.581. The van der Waals surface area contributed by atoms with Crippen molar-refractivity contribution in [3.05, 3.63) is 17.3 Å². The molecule has 4 heteroatoms. The van der Waals surface area contributed by atoms with E-state index in [0.29, 0.717) is 10.7 Å². The van der Waals surface area contributed by atoms with E-state index in [9.17, 15) is 0 Å². The summed E-state index contributed by atoms with van der Waals surface area (Å²) in [4.78, 5) is 4.20. The van der Waals surface area contributed by atoms with E-state index in [1.165, 1.54) is 19.3 Å². The number of anilines is 2. The number of nitrogens with two attached hydrogens (primary N) is 1. The minimum Gasteiger partial charge on any atom is -0.396 e. The second-order valence-electron chi connectivity index (χ2n) is 4.64. The number of halogens is 1. The average Bonchev–Trinajstić information content (AvgIpc) is 2.63. The molecule has 1 aromatic rings. The second-order valence-corrected chi connectivity index (χ2v) is 5.08. The molecular formula is C12H18ClN3. The monoisotopic (exact) mass is 239 g/mol. The topological polar surface area (TPSA) is 50.9 Å². The van der Waals surface area contributed by atoms with Gasteiger partial charge in [-0.1, -0.05) is 31.4 Å². The number of hydrogen-bond acceptors (Lipinski definition) is 3. The third-order valence-electron chi connectivity index (χ3n) is 3.45. The van der Waals surface area contributed by atoms with Crippen molar-refractivity contribution in [2.75, 3.05) is 17.6 Å². The lowest BCUT2D eigenvalue weighted by Gasteiger charge is -2.17. The molecule has 3 N–H and O–H groups in total. The number of nitrogens with one attached hydrogen (secondary N) is 1. The van der Waals surface area contributed by atoms with Crippen LogP contribution < -0.4 is 11.1 Å². The Labute approximate surface area is 101 Å². The van der Waals surface area contributed by atoms with Gasteiger partial charge in [-0.15, -0.1) is 0 Å². The third kappa shape index (κ3) is 2.59. The highest BCUT2D eigenvalue weighted by Crippen LogP contribution is 2.31. The van der Waals surface area contributed by atoms with E-state index in [1.54, 1.807) is 12.3 Å². The fourth-order valence-corrected chi connectivity index (χ4v) is 2.52. The minimum atomic E-state index is 0.581. The fraction of sp³-hybridized carbons (Fsp3) is 0.583. The molecule has 1 fully saturated rings. The third-order valence-corrected chi connectivity index (χ3v) is 3.66. The summed E-state index contributed by atoms with van der Waals surface area (Å²) >= 11 is 5.80. The second kappa shape index (κ2) is 4.91. The summed E-state index contributed by atoms with van der Waals surface area (Å²) in [6.45, 7) is 3.28. The van der Waals surface area contributed by atoms with Crippen LogP contribution in [0.4, 0.5) is 11.5 Å². The van der Waals surface area contributed by atoms with Gasteiger partial charge in [0.2, 0.25) is 0 Å². The molecule has 0 aliphatic heterocycles. The summed E-state index contributed by atoms with van der Waals surface area (Å²) in [5.74, 6) is 2.31. The largest absolute Gasteiger partial charge is 0.396 e. The maximum absolute atomic E-state index is 5.83. The van der Waals surface area contributed by atoms with Crippen molar-refractivity contribution in [1.82, 2.24) is 4.98 Å². The highest BCUT2D eigenvalue weighted by atomic mass is 35.5. The van der Waals surface area contributed by atoms with Crippen molar-refractivity contribution in [1.29, 1.82) is 0 Å². The zero-order valence-corrected chi connectivity index (χ0v) is 10.3. The SMILES string of the molecule is CC1CCCC1CNc1ncc(Cl)cc1N. The van der Waals surface area contributed by atoms with E-state index in [-0.39, 0.29) is 0 Å². The van der Waals surface area contributed by atoms with E-state index in [2.05, 4.69) is 17.2 Å². The van der Waals surface area contributed by atoms with Crippen LogP contribution >= 0.6 is 11.6 Å². The molecule has 2 unspecified atom stereocenters. The van der Waals surface area contributed by atoms with Gasteiger partial charge in [0.1, 0.15) is 5.82 Å². The zero-order valence-electron chi connectivity index (χ0n) is 9.54. The first kappa shape index (κ1) is 11.5. The van der Waals surface area contributed by atoms with Crippen LogP contribution in [0, 0.1) is 11.8 Å². The molecule has 0 bridgehead atoms. The van der Waals surface area contributed by atoms with Gasteiger partial charge in [-0.3, -0.25) is 0 Å². The summed E-state index contributed by atoms with van der Waals surface area (Å²) in [5, 5.41) is 3.90. The summed E-state index contributed by atoms with van der Waals surface area (Å²) in [5.41, 5.74) is 6.45. The standard InChI is InChI=1S/C12H18ClN3/c1-8-3-2-4-9(8)6-15-12-11(14)5-10(13)7-16-12/h5,7-9H,2-4,6,14H2,1H3,(H,15,16). The molecule has 2 rings (SSSR count). The molecule has 0 aromatic carbocycles. The number of nitrogens with zero attached hydrogens (tertiary/aromatic N) is 1. The zero-order chi connectivity index (χ0) is 11.5. The summed E-state index contributed by atoms with van der Waals surface area (Å²) in [6.07, 6.45) is 5.62. The lowest BCUT2D eigenvalue weighted by atomic mass is 9.98. The Morgan fingerprint density at radius 3 is 3.00 bits per heavy atom. The maximum Gasteiger partial charge on any atom is 0.149 e. The molecule has 3 nitrogen and oxygen atoms in total. The van der Waals surface area contributed by atoms with Gasteiger partial charge in [-0.05, 0) is 24.3 Å². The van der Waals surface area contributed by atoms with Gasteiger partial charge < -0.3 is 11.1 Å². The number of rotatable bonds is 3. The summed E-state index contributed by atoms with van der Waals surface area (Å²) in [7, 11) is 0. The molecule has 88 valence electrons. The van der Waals surface area contributed by atoms with Crippen LogP contribution in [0.2, 0.25) is 5.02 Å². The molecule has 1 aromatic heterocycles. The van der Waals surface area contributed by atoms with Crippen molar-refractivity contribution in [2.24, 2.45) is 11.8 Å². The molecule has 2 atom stereocenters. The summed E-state index contributed by atoms with van der Waals surface area (Å²) < 4.78 is 0. The molecule has 0 saturated heterocycles. The Morgan fingerprint density at radius 2 is 2.38 bits per heavy atom. The van der Waals surface area contributed by atoms with Crippen molar-refractivity contribution in [3.63, 3.8) is 0 Å². The normalized spacial score (nSPS) is 24.6. The van der Waals surface area contributed by atoms with E-state index >= 15 is 0 Å². The van der Waals surface area contributed by atoms with Gasteiger partial charge in [-0.25, -0.2) is 4.98 Å². The van der Waals surface area contributed by atoms with Crippen LogP contribution in [0.3, 0.4) is 0 Å². The fourth-order valence-electron chi connectivity index (χ4n) is 2.36. The number of nitrogen functional groups attached to an aromatic ring is 1. The Kier molecular flexibility index (Phi) is 3.54. The van der Waals surface area contributed by atoms with Crippen molar-refractivity contribution >= 4 is 23.1 Å².